The molecule has 2 N–H and O–H groups in total. The van der Waals surface area contributed by atoms with Crippen LogP contribution in [0.5, 0.6) is 0 Å². The zero-order valence-corrected chi connectivity index (χ0v) is 12.5. The van der Waals surface area contributed by atoms with Gasteiger partial charge in [0.1, 0.15) is 0 Å². The first-order valence-electron chi connectivity index (χ1n) is 7.17. The zero-order valence-electron chi connectivity index (χ0n) is 12.5. The third-order valence-electron chi connectivity index (χ3n) is 3.74. The number of hydrogen-bond donors (Lipinski definition) is 2. The molecular weight excluding hydrogens is 244 g/mol. The van der Waals surface area contributed by atoms with Gasteiger partial charge in [0.05, 0.1) is 0 Å². The smallest absolute Gasteiger partial charge is 0.0311 e. The van der Waals surface area contributed by atoms with Gasteiger partial charge in [0.2, 0.25) is 0 Å². The summed E-state index contributed by atoms with van der Waals surface area (Å²) in [6, 6.07) is 8.51. The molecule has 1 heterocycles. The predicted octanol–water partition coefficient (Wildman–Crippen LogP) is 3.62. The summed E-state index contributed by atoms with van der Waals surface area (Å²) >= 11 is 0. The maximum atomic E-state index is 4.13. The molecule has 0 bridgehead atoms. The van der Waals surface area contributed by atoms with Gasteiger partial charge in [-0.2, -0.15) is 0 Å². The predicted molar refractivity (Wildman–Crippen MR) is 87.2 cm³/mol. The highest BCUT2D eigenvalue weighted by Crippen LogP contribution is 2.18. The summed E-state index contributed by atoms with van der Waals surface area (Å²) in [5.74, 6) is 0.513. The third kappa shape index (κ3) is 3.84. The van der Waals surface area contributed by atoms with Crippen LogP contribution in [0.2, 0.25) is 0 Å². The molecule has 1 atom stereocenters. The number of benzene rings is 1. The van der Waals surface area contributed by atoms with Crippen LogP contribution < -0.4 is 10.6 Å². The lowest BCUT2D eigenvalue weighted by Gasteiger charge is -2.15. The SMILES string of the molecule is C=C(/C=C(\C)c1cccc(C)c1)NC(=C)[C@@H]1CCNC1. The van der Waals surface area contributed by atoms with Crippen LogP contribution in [0.4, 0.5) is 0 Å². The second kappa shape index (κ2) is 6.58. The molecule has 1 aromatic carbocycles. The molecule has 0 aromatic heterocycles. The number of allylic oxidation sites excluding steroid dienone is 2. The first-order valence-corrected chi connectivity index (χ1v) is 7.17. The van der Waals surface area contributed by atoms with Crippen LogP contribution >= 0.6 is 0 Å². The van der Waals surface area contributed by atoms with E-state index in [0.29, 0.717) is 5.92 Å². The minimum absolute atomic E-state index is 0.513. The van der Waals surface area contributed by atoms with E-state index >= 15 is 0 Å². The second-order valence-electron chi connectivity index (χ2n) is 5.56. The Morgan fingerprint density at radius 3 is 2.85 bits per heavy atom. The Bertz CT molecular complexity index is 534. The summed E-state index contributed by atoms with van der Waals surface area (Å²) < 4.78 is 0. The molecule has 1 aliphatic rings. The average molecular weight is 268 g/mol. The van der Waals surface area contributed by atoms with Crippen molar-refractivity contribution in [2.75, 3.05) is 13.1 Å². The Morgan fingerprint density at radius 2 is 2.20 bits per heavy atom. The molecule has 20 heavy (non-hydrogen) atoms. The molecule has 2 heteroatoms. The van der Waals surface area contributed by atoms with Gasteiger partial charge in [-0.15, -0.1) is 0 Å². The third-order valence-corrected chi connectivity index (χ3v) is 3.74. The Morgan fingerprint density at radius 1 is 1.40 bits per heavy atom. The molecule has 0 saturated carbocycles. The molecule has 1 aliphatic heterocycles. The average Bonchev–Trinajstić information content (AvgIpc) is 2.92. The van der Waals surface area contributed by atoms with Crippen LogP contribution in [0.3, 0.4) is 0 Å². The van der Waals surface area contributed by atoms with Crippen molar-refractivity contribution in [3.63, 3.8) is 0 Å². The molecule has 1 fully saturated rings. The van der Waals surface area contributed by atoms with Crippen molar-refractivity contribution >= 4 is 5.57 Å². The van der Waals surface area contributed by atoms with Crippen molar-refractivity contribution in [1.82, 2.24) is 10.6 Å². The first-order chi connectivity index (χ1) is 9.56. The number of nitrogens with one attached hydrogen (secondary N) is 2. The number of aryl methyl sites for hydroxylation is 1. The van der Waals surface area contributed by atoms with Crippen LogP contribution in [0.1, 0.15) is 24.5 Å². The van der Waals surface area contributed by atoms with E-state index in [1.807, 2.05) is 0 Å². The first kappa shape index (κ1) is 14.6. The standard InChI is InChI=1S/C18H24N2/c1-13-6-5-7-17(10-13)14(2)11-15(3)20-16(4)18-8-9-19-12-18/h5-7,10-11,18-20H,3-4,8-9,12H2,1-2H3/b14-11+/t18-/m1/s1. The number of hydrogen-bond acceptors (Lipinski definition) is 2. The van der Waals surface area contributed by atoms with Crippen molar-refractivity contribution in [2.24, 2.45) is 5.92 Å². The van der Waals surface area contributed by atoms with Gasteiger partial charge in [0, 0.05) is 23.9 Å². The quantitative estimate of drug-likeness (QED) is 0.797. The monoisotopic (exact) mass is 268 g/mol. The Kier molecular flexibility index (Phi) is 4.80. The van der Waals surface area contributed by atoms with Gasteiger partial charge in [0.15, 0.2) is 0 Å². The Balaban J connectivity index is 1.98. The molecule has 0 aliphatic carbocycles. The van der Waals surface area contributed by atoms with E-state index in [1.165, 1.54) is 16.7 Å². The summed E-state index contributed by atoms with van der Waals surface area (Å²) in [6.07, 6.45) is 3.24. The fourth-order valence-electron chi connectivity index (χ4n) is 2.53. The fourth-order valence-corrected chi connectivity index (χ4v) is 2.53. The van der Waals surface area contributed by atoms with Crippen LogP contribution in [0, 0.1) is 12.8 Å². The lowest BCUT2D eigenvalue weighted by atomic mass is 10.0. The topological polar surface area (TPSA) is 24.1 Å². The van der Waals surface area contributed by atoms with Crippen molar-refractivity contribution in [3.05, 3.63) is 66.0 Å². The van der Waals surface area contributed by atoms with Gasteiger partial charge in [0.25, 0.3) is 0 Å². The summed E-state index contributed by atoms with van der Waals surface area (Å²) in [6.45, 7) is 14.5. The summed E-state index contributed by atoms with van der Waals surface area (Å²) in [4.78, 5) is 0. The van der Waals surface area contributed by atoms with E-state index in [4.69, 9.17) is 0 Å². The highest BCUT2D eigenvalue weighted by Gasteiger charge is 2.17. The molecule has 0 unspecified atom stereocenters. The van der Waals surface area contributed by atoms with Gasteiger partial charge in [-0.05, 0) is 44.0 Å². The normalized spacial score (nSPS) is 18.9. The molecule has 1 saturated heterocycles. The van der Waals surface area contributed by atoms with E-state index in [2.05, 4.69) is 68.0 Å². The maximum absolute atomic E-state index is 4.13. The van der Waals surface area contributed by atoms with E-state index in [9.17, 15) is 0 Å². The second-order valence-corrected chi connectivity index (χ2v) is 5.56. The summed E-state index contributed by atoms with van der Waals surface area (Å²) in [5, 5.41) is 6.69. The zero-order chi connectivity index (χ0) is 14.5. The van der Waals surface area contributed by atoms with Crippen LogP contribution in [-0.4, -0.2) is 13.1 Å². The Labute approximate surface area is 122 Å². The highest BCUT2D eigenvalue weighted by molar-refractivity contribution is 5.66. The van der Waals surface area contributed by atoms with Gasteiger partial charge >= 0.3 is 0 Å². The molecule has 0 spiro atoms. The fraction of sp³-hybridized carbons (Fsp3) is 0.333. The molecule has 2 nitrogen and oxygen atoms in total. The molecule has 1 aromatic rings. The Hall–Kier alpha value is -1.80. The lowest BCUT2D eigenvalue weighted by Crippen LogP contribution is -2.20. The van der Waals surface area contributed by atoms with Crippen molar-refractivity contribution in [1.29, 1.82) is 0 Å². The minimum atomic E-state index is 0.513. The molecule has 0 amide bonds. The lowest BCUT2D eigenvalue weighted by molar-refractivity contribution is 0.641. The molecule has 106 valence electrons. The van der Waals surface area contributed by atoms with Crippen molar-refractivity contribution < 1.29 is 0 Å². The minimum Gasteiger partial charge on any atom is -0.360 e. The van der Waals surface area contributed by atoms with E-state index in [0.717, 1.165) is 30.9 Å². The van der Waals surface area contributed by atoms with Crippen LogP contribution in [-0.2, 0) is 0 Å². The van der Waals surface area contributed by atoms with Crippen molar-refractivity contribution in [2.45, 2.75) is 20.3 Å². The van der Waals surface area contributed by atoms with Gasteiger partial charge in [-0.25, -0.2) is 0 Å². The molecular formula is C18H24N2. The van der Waals surface area contributed by atoms with E-state index < -0.39 is 0 Å². The maximum Gasteiger partial charge on any atom is 0.0311 e. The van der Waals surface area contributed by atoms with Gasteiger partial charge in [-0.1, -0.05) is 43.0 Å². The molecule has 2 rings (SSSR count). The summed E-state index contributed by atoms with van der Waals surface area (Å²) in [7, 11) is 0. The van der Waals surface area contributed by atoms with Gasteiger partial charge < -0.3 is 10.6 Å². The van der Waals surface area contributed by atoms with E-state index in [1.54, 1.807) is 0 Å². The largest absolute Gasteiger partial charge is 0.360 e. The summed E-state index contributed by atoms with van der Waals surface area (Å²) in [5.41, 5.74) is 5.69. The molecule has 0 radical (unpaired) electrons. The van der Waals surface area contributed by atoms with E-state index in [-0.39, 0.29) is 0 Å². The van der Waals surface area contributed by atoms with Crippen LogP contribution in [0.15, 0.2) is 54.9 Å². The van der Waals surface area contributed by atoms with Gasteiger partial charge in [-0.3, -0.25) is 0 Å². The van der Waals surface area contributed by atoms with Crippen molar-refractivity contribution in [3.8, 4) is 0 Å². The van der Waals surface area contributed by atoms with Crippen LogP contribution in [0.25, 0.3) is 5.57 Å². The number of rotatable bonds is 5. The highest BCUT2D eigenvalue weighted by atomic mass is 15.0.